The van der Waals surface area contributed by atoms with Crippen molar-refractivity contribution in [2.24, 2.45) is 11.3 Å². The fourth-order valence-corrected chi connectivity index (χ4v) is 1.81. The maximum atomic E-state index is 8.85. The highest BCUT2D eigenvalue weighted by molar-refractivity contribution is 5.07. The third-order valence-corrected chi connectivity index (χ3v) is 2.30. The molecule has 1 aliphatic carbocycles. The van der Waals surface area contributed by atoms with Gasteiger partial charge < -0.3 is 4.74 Å². The van der Waals surface area contributed by atoms with Gasteiger partial charge in [0.1, 0.15) is 0 Å². The maximum absolute atomic E-state index is 8.85. The molecule has 1 saturated carbocycles. The molecule has 2 nitrogen and oxygen atoms in total. The molecule has 0 aromatic carbocycles. The highest BCUT2D eigenvalue weighted by Gasteiger charge is 2.42. The van der Waals surface area contributed by atoms with E-state index in [1.54, 1.807) is 0 Å². The minimum atomic E-state index is -0.130. The van der Waals surface area contributed by atoms with Crippen LogP contribution in [0.25, 0.3) is 0 Å². The van der Waals surface area contributed by atoms with Crippen molar-refractivity contribution in [1.29, 1.82) is 5.26 Å². The molecule has 0 bridgehead atoms. The molecular formula is C9H15NO. The Morgan fingerprint density at radius 2 is 2.27 bits per heavy atom. The lowest BCUT2D eigenvalue weighted by atomic mass is 9.64. The minimum Gasteiger partial charge on any atom is -0.380 e. The van der Waals surface area contributed by atoms with E-state index in [1.165, 1.54) is 0 Å². The second-order valence-corrected chi connectivity index (χ2v) is 3.54. The van der Waals surface area contributed by atoms with E-state index < -0.39 is 0 Å². The topological polar surface area (TPSA) is 33.0 Å². The van der Waals surface area contributed by atoms with Gasteiger partial charge in [0.2, 0.25) is 0 Å². The molecule has 0 N–H and O–H groups in total. The highest BCUT2D eigenvalue weighted by atomic mass is 16.5. The van der Waals surface area contributed by atoms with E-state index in [2.05, 4.69) is 13.0 Å². The Morgan fingerprint density at radius 1 is 1.64 bits per heavy atom. The van der Waals surface area contributed by atoms with Crippen molar-refractivity contribution in [1.82, 2.24) is 0 Å². The Balaban J connectivity index is 2.33. The van der Waals surface area contributed by atoms with Gasteiger partial charge in [-0.25, -0.2) is 0 Å². The van der Waals surface area contributed by atoms with Gasteiger partial charge in [0, 0.05) is 6.61 Å². The summed E-state index contributed by atoms with van der Waals surface area (Å²) in [6.07, 6.45) is 2.03. The fraction of sp³-hybridized carbons (Fsp3) is 0.889. The molecule has 0 aliphatic heterocycles. The Kier molecular flexibility index (Phi) is 2.51. The van der Waals surface area contributed by atoms with E-state index in [-0.39, 0.29) is 5.41 Å². The van der Waals surface area contributed by atoms with Crippen LogP contribution in [0.5, 0.6) is 0 Å². The molecule has 1 aliphatic rings. The maximum Gasteiger partial charge on any atom is 0.0812 e. The summed E-state index contributed by atoms with van der Waals surface area (Å²) in [7, 11) is 0. The van der Waals surface area contributed by atoms with Gasteiger partial charge in [-0.1, -0.05) is 6.92 Å². The Hall–Kier alpha value is -0.550. The number of ether oxygens (including phenoxy) is 1. The van der Waals surface area contributed by atoms with Crippen LogP contribution in [0.3, 0.4) is 0 Å². The summed E-state index contributed by atoms with van der Waals surface area (Å²) in [4.78, 5) is 0. The molecule has 1 rings (SSSR count). The van der Waals surface area contributed by atoms with E-state index in [1.807, 2.05) is 6.92 Å². The second kappa shape index (κ2) is 3.23. The smallest absolute Gasteiger partial charge is 0.0812 e. The van der Waals surface area contributed by atoms with Gasteiger partial charge in [-0.05, 0) is 25.7 Å². The summed E-state index contributed by atoms with van der Waals surface area (Å²) in [6, 6.07) is 2.36. The average molecular weight is 153 g/mol. The van der Waals surface area contributed by atoms with Crippen molar-refractivity contribution in [3.8, 4) is 6.07 Å². The molecule has 0 aromatic rings. The normalized spacial score (nSPS) is 35.9. The standard InChI is InChI=1S/C9H15NO/c1-3-11-7-9(6-10)4-8(2)5-9/h8H,3-5,7H2,1-2H3. The van der Waals surface area contributed by atoms with Crippen LogP contribution >= 0.6 is 0 Å². The van der Waals surface area contributed by atoms with E-state index >= 15 is 0 Å². The Morgan fingerprint density at radius 3 is 2.64 bits per heavy atom. The summed E-state index contributed by atoms with van der Waals surface area (Å²) < 4.78 is 5.26. The molecule has 1 fully saturated rings. The first-order chi connectivity index (χ1) is 5.22. The molecule has 0 atom stereocenters. The van der Waals surface area contributed by atoms with Crippen LogP contribution in [0.15, 0.2) is 0 Å². The fourth-order valence-electron chi connectivity index (χ4n) is 1.81. The summed E-state index contributed by atoms with van der Waals surface area (Å²) in [5, 5.41) is 8.85. The van der Waals surface area contributed by atoms with Crippen LogP contribution in [-0.4, -0.2) is 13.2 Å². The van der Waals surface area contributed by atoms with E-state index in [0.29, 0.717) is 6.61 Å². The Labute approximate surface area is 68.2 Å². The molecule has 0 amide bonds. The summed E-state index contributed by atoms with van der Waals surface area (Å²) >= 11 is 0. The van der Waals surface area contributed by atoms with Crippen molar-refractivity contribution >= 4 is 0 Å². The van der Waals surface area contributed by atoms with Crippen LogP contribution in [0.2, 0.25) is 0 Å². The van der Waals surface area contributed by atoms with Gasteiger partial charge in [-0.15, -0.1) is 0 Å². The molecule has 11 heavy (non-hydrogen) atoms. The summed E-state index contributed by atoms with van der Waals surface area (Å²) in [6.45, 7) is 5.50. The number of nitriles is 1. The molecule has 0 aromatic heterocycles. The van der Waals surface area contributed by atoms with Crippen LogP contribution in [-0.2, 0) is 4.74 Å². The lowest BCUT2D eigenvalue weighted by molar-refractivity contribution is 0.00878. The molecule has 62 valence electrons. The molecule has 0 spiro atoms. The van der Waals surface area contributed by atoms with Crippen molar-refractivity contribution in [3.05, 3.63) is 0 Å². The SMILES string of the molecule is CCOCC1(C#N)CC(C)C1. The first-order valence-electron chi connectivity index (χ1n) is 4.21. The Bertz CT molecular complexity index is 165. The molecule has 0 saturated heterocycles. The lowest BCUT2D eigenvalue weighted by Gasteiger charge is -2.40. The predicted molar refractivity (Wildman–Crippen MR) is 42.9 cm³/mol. The van der Waals surface area contributed by atoms with Crippen LogP contribution in [0.4, 0.5) is 0 Å². The van der Waals surface area contributed by atoms with Crippen molar-refractivity contribution in [3.63, 3.8) is 0 Å². The van der Waals surface area contributed by atoms with Gasteiger partial charge in [-0.2, -0.15) is 5.26 Å². The lowest BCUT2D eigenvalue weighted by Crippen LogP contribution is -2.38. The van der Waals surface area contributed by atoms with Crippen LogP contribution in [0.1, 0.15) is 26.7 Å². The zero-order chi connectivity index (χ0) is 8.32. The average Bonchev–Trinajstić information content (AvgIpc) is 1.96. The summed E-state index contributed by atoms with van der Waals surface area (Å²) in [5.74, 6) is 0.718. The molecule has 2 heteroatoms. The van der Waals surface area contributed by atoms with Gasteiger partial charge in [0.15, 0.2) is 0 Å². The zero-order valence-corrected chi connectivity index (χ0v) is 7.26. The minimum absolute atomic E-state index is 0.130. The van der Waals surface area contributed by atoms with Crippen molar-refractivity contribution in [2.45, 2.75) is 26.7 Å². The highest BCUT2D eigenvalue weighted by Crippen LogP contribution is 2.44. The molecule has 0 radical (unpaired) electrons. The first kappa shape index (κ1) is 8.55. The number of hydrogen-bond donors (Lipinski definition) is 0. The second-order valence-electron chi connectivity index (χ2n) is 3.54. The number of hydrogen-bond acceptors (Lipinski definition) is 2. The zero-order valence-electron chi connectivity index (χ0n) is 7.26. The van der Waals surface area contributed by atoms with Gasteiger partial charge in [0.25, 0.3) is 0 Å². The molecule has 0 heterocycles. The van der Waals surface area contributed by atoms with Gasteiger partial charge in [-0.3, -0.25) is 0 Å². The van der Waals surface area contributed by atoms with E-state index in [9.17, 15) is 0 Å². The first-order valence-corrected chi connectivity index (χ1v) is 4.21. The van der Waals surface area contributed by atoms with Crippen LogP contribution < -0.4 is 0 Å². The third kappa shape index (κ3) is 1.72. The van der Waals surface area contributed by atoms with Gasteiger partial charge in [0.05, 0.1) is 18.1 Å². The van der Waals surface area contributed by atoms with E-state index in [0.717, 1.165) is 25.4 Å². The van der Waals surface area contributed by atoms with Gasteiger partial charge >= 0.3 is 0 Å². The van der Waals surface area contributed by atoms with Crippen LogP contribution in [0, 0.1) is 22.7 Å². The number of nitrogens with zero attached hydrogens (tertiary/aromatic N) is 1. The summed E-state index contributed by atoms with van der Waals surface area (Å²) in [5.41, 5.74) is -0.130. The molecule has 0 unspecified atom stereocenters. The molecular weight excluding hydrogens is 138 g/mol. The van der Waals surface area contributed by atoms with Crippen molar-refractivity contribution in [2.75, 3.05) is 13.2 Å². The quantitative estimate of drug-likeness (QED) is 0.621. The monoisotopic (exact) mass is 153 g/mol. The predicted octanol–water partition coefficient (Wildman–Crippen LogP) is 1.96. The van der Waals surface area contributed by atoms with Crippen molar-refractivity contribution < 1.29 is 4.74 Å². The number of rotatable bonds is 3. The largest absolute Gasteiger partial charge is 0.380 e. The third-order valence-electron chi connectivity index (χ3n) is 2.30. The van der Waals surface area contributed by atoms with E-state index in [4.69, 9.17) is 10.00 Å².